The minimum Gasteiger partial charge on any atom is -0.399 e. The SMILES string of the molecule is Cc1cc(=O)cccc1N. The van der Waals surface area contributed by atoms with Gasteiger partial charge in [0.2, 0.25) is 0 Å². The number of nitrogen functional groups attached to an aromatic ring is 1. The first-order chi connectivity index (χ1) is 4.70. The zero-order valence-corrected chi connectivity index (χ0v) is 5.79. The van der Waals surface area contributed by atoms with Crippen LogP contribution in [-0.2, 0) is 0 Å². The molecule has 0 aliphatic heterocycles. The Hall–Kier alpha value is -1.31. The van der Waals surface area contributed by atoms with Crippen LogP contribution in [0.4, 0.5) is 5.69 Å². The maximum Gasteiger partial charge on any atom is 0.178 e. The molecule has 0 saturated carbocycles. The van der Waals surface area contributed by atoms with Crippen LogP contribution in [0.1, 0.15) is 5.56 Å². The van der Waals surface area contributed by atoms with E-state index in [9.17, 15) is 4.79 Å². The van der Waals surface area contributed by atoms with Crippen molar-refractivity contribution in [2.45, 2.75) is 6.92 Å². The lowest BCUT2D eigenvalue weighted by Gasteiger charge is -1.87. The number of hydrogen-bond acceptors (Lipinski definition) is 2. The van der Waals surface area contributed by atoms with Crippen molar-refractivity contribution in [2.24, 2.45) is 0 Å². The normalized spacial score (nSPS) is 9.30. The second-order valence-corrected chi connectivity index (χ2v) is 2.21. The van der Waals surface area contributed by atoms with Gasteiger partial charge in [0.25, 0.3) is 0 Å². The molecule has 2 N–H and O–H groups in total. The Bertz CT molecular complexity index is 293. The van der Waals surface area contributed by atoms with E-state index >= 15 is 0 Å². The summed E-state index contributed by atoms with van der Waals surface area (Å²) in [6.07, 6.45) is 0. The lowest BCUT2D eigenvalue weighted by Crippen LogP contribution is -1.92. The highest BCUT2D eigenvalue weighted by molar-refractivity contribution is 5.43. The Morgan fingerprint density at radius 1 is 1.40 bits per heavy atom. The van der Waals surface area contributed by atoms with Gasteiger partial charge in [-0.15, -0.1) is 0 Å². The number of nitrogens with two attached hydrogens (primary N) is 1. The smallest absolute Gasteiger partial charge is 0.178 e. The molecule has 0 fully saturated rings. The van der Waals surface area contributed by atoms with E-state index in [0.29, 0.717) is 5.69 Å². The fourth-order valence-corrected chi connectivity index (χ4v) is 0.723. The molecule has 0 amide bonds. The zero-order valence-electron chi connectivity index (χ0n) is 5.79. The van der Waals surface area contributed by atoms with Crippen molar-refractivity contribution < 1.29 is 0 Å². The van der Waals surface area contributed by atoms with E-state index < -0.39 is 0 Å². The summed E-state index contributed by atoms with van der Waals surface area (Å²) in [5, 5.41) is 0. The van der Waals surface area contributed by atoms with Gasteiger partial charge in [-0.25, -0.2) is 0 Å². The van der Waals surface area contributed by atoms with Crippen LogP contribution in [0, 0.1) is 6.92 Å². The summed E-state index contributed by atoms with van der Waals surface area (Å²) < 4.78 is 0. The Kier molecular flexibility index (Phi) is 1.71. The van der Waals surface area contributed by atoms with Gasteiger partial charge in [-0.05, 0) is 30.7 Å². The first-order valence-corrected chi connectivity index (χ1v) is 3.06. The van der Waals surface area contributed by atoms with Crippen molar-refractivity contribution in [1.82, 2.24) is 0 Å². The topological polar surface area (TPSA) is 43.1 Å². The number of anilines is 1. The quantitative estimate of drug-likeness (QED) is 0.575. The summed E-state index contributed by atoms with van der Waals surface area (Å²) in [6.45, 7) is 1.82. The van der Waals surface area contributed by atoms with Gasteiger partial charge >= 0.3 is 0 Å². The molecule has 0 spiro atoms. The number of aryl methyl sites for hydroxylation is 1. The molecule has 0 aliphatic carbocycles. The van der Waals surface area contributed by atoms with Gasteiger partial charge in [-0.3, -0.25) is 4.79 Å². The van der Waals surface area contributed by atoms with Gasteiger partial charge in [0.15, 0.2) is 5.43 Å². The second kappa shape index (κ2) is 2.52. The lowest BCUT2D eigenvalue weighted by atomic mass is 10.3. The monoisotopic (exact) mass is 135 g/mol. The van der Waals surface area contributed by atoms with Crippen molar-refractivity contribution >= 4 is 5.69 Å². The largest absolute Gasteiger partial charge is 0.399 e. The molecule has 0 radical (unpaired) electrons. The number of hydrogen-bond donors (Lipinski definition) is 1. The summed E-state index contributed by atoms with van der Waals surface area (Å²) in [4.78, 5) is 10.8. The third-order valence-electron chi connectivity index (χ3n) is 1.35. The molecule has 1 aromatic rings. The molecule has 0 heterocycles. The second-order valence-electron chi connectivity index (χ2n) is 2.21. The van der Waals surface area contributed by atoms with Crippen LogP contribution in [0.2, 0.25) is 0 Å². The van der Waals surface area contributed by atoms with Crippen LogP contribution in [-0.4, -0.2) is 0 Å². The molecule has 0 aromatic heterocycles. The summed E-state index contributed by atoms with van der Waals surface area (Å²) in [5.41, 5.74) is 7.01. The van der Waals surface area contributed by atoms with Crippen LogP contribution >= 0.6 is 0 Å². The van der Waals surface area contributed by atoms with Crippen LogP contribution in [0.3, 0.4) is 0 Å². The molecule has 0 aliphatic rings. The molecule has 2 nitrogen and oxygen atoms in total. The molecule has 52 valence electrons. The predicted molar refractivity (Wildman–Crippen MR) is 41.9 cm³/mol. The molecular weight excluding hydrogens is 126 g/mol. The molecule has 0 saturated heterocycles. The summed E-state index contributed by atoms with van der Waals surface area (Å²) >= 11 is 0. The van der Waals surface area contributed by atoms with E-state index in [1.165, 1.54) is 12.1 Å². The molecule has 1 aromatic carbocycles. The fourth-order valence-electron chi connectivity index (χ4n) is 0.723. The molecule has 0 atom stereocenters. The molecular formula is C8H9NO. The fraction of sp³-hybridized carbons (Fsp3) is 0.125. The lowest BCUT2D eigenvalue weighted by molar-refractivity contribution is 1.48. The Morgan fingerprint density at radius 2 is 2.10 bits per heavy atom. The first-order valence-electron chi connectivity index (χ1n) is 3.06. The molecule has 10 heavy (non-hydrogen) atoms. The summed E-state index contributed by atoms with van der Waals surface area (Å²) in [5.74, 6) is 0. The Labute approximate surface area is 59.3 Å². The van der Waals surface area contributed by atoms with E-state index in [0.717, 1.165) is 5.56 Å². The molecule has 0 unspecified atom stereocenters. The Morgan fingerprint density at radius 3 is 2.80 bits per heavy atom. The maximum atomic E-state index is 10.8. The highest BCUT2D eigenvalue weighted by atomic mass is 16.1. The van der Waals surface area contributed by atoms with Crippen LogP contribution in [0.25, 0.3) is 0 Å². The standard InChI is InChI=1S/C8H9NO/c1-6-5-7(10)3-2-4-8(6)9/h2-5H,9H2,1H3. The van der Waals surface area contributed by atoms with E-state index in [1.54, 1.807) is 12.1 Å². The third-order valence-corrected chi connectivity index (χ3v) is 1.35. The van der Waals surface area contributed by atoms with Gasteiger partial charge in [0.05, 0.1) is 0 Å². The van der Waals surface area contributed by atoms with Crippen molar-refractivity contribution in [1.29, 1.82) is 0 Å². The van der Waals surface area contributed by atoms with Crippen molar-refractivity contribution in [2.75, 3.05) is 5.73 Å². The van der Waals surface area contributed by atoms with Crippen LogP contribution < -0.4 is 11.2 Å². The molecule has 0 bridgehead atoms. The van der Waals surface area contributed by atoms with E-state index in [4.69, 9.17) is 5.73 Å². The van der Waals surface area contributed by atoms with Gasteiger partial charge in [-0.2, -0.15) is 0 Å². The average molecular weight is 135 g/mol. The number of rotatable bonds is 0. The summed E-state index contributed by atoms with van der Waals surface area (Å²) in [7, 11) is 0. The predicted octanol–water partition coefficient (Wildman–Crippen LogP) is 0.937. The minimum absolute atomic E-state index is 0.00537. The maximum absolute atomic E-state index is 10.8. The third kappa shape index (κ3) is 1.35. The van der Waals surface area contributed by atoms with E-state index in [1.807, 2.05) is 6.92 Å². The van der Waals surface area contributed by atoms with Crippen LogP contribution in [0.5, 0.6) is 0 Å². The molecule has 1 rings (SSSR count). The highest BCUT2D eigenvalue weighted by Gasteiger charge is 1.87. The van der Waals surface area contributed by atoms with Crippen LogP contribution in [0.15, 0.2) is 29.1 Å². The van der Waals surface area contributed by atoms with Crippen molar-refractivity contribution in [3.8, 4) is 0 Å². The average Bonchev–Trinajstić information content (AvgIpc) is 1.96. The zero-order chi connectivity index (χ0) is 7.56. The highest BCUT2D eigenvalue weighted by Crippen LogP contribution is 2.02. The van der Waals surface area contributed by atoms with Gasteiger partial charge in [0, 0.05) is 5.69 Å². The minimum atomic E-state index is -0.00537. The van der Waals surface area contributed by atoms with Crippen molar-refractivity contribution in [3.63, 3.8) is 0 Å². The van der Waals surface area contributed by atoms with Gasteiger partial charge in [0.1, 0.15) is 0 Å². The van der Waals surface area contributed by atoms with E-state index in [-0.39, 0.29) is 5.43 Å². The first kappa shape index (κ1) is 6.81. The molecule has 2 heteroatoms. The summed E-state index contributed by atoms with van der Waals surface area (Å²) in [6, 6.07) is 6.39. The Balaban J connectivity index is 3.45. The van der Waals surface area contributed by atoms with Crippen molar-refractivity contribution in [3.05, 3.63) is 40.1 Å². The van der Waals surface area contributed by atoms with Gasteiger partial charge < -0.3 is 5.73 Å². The van der Waals surface area contributed by atoms with Gasteiger partial charge in [-0.1, -0.05) is 6.07 Å². The van der Waals surface area contributed by atoms with E-state index in [2.05, 4.69) is 0 Å².